The maximum Gasteiger partial charge on any atom is 0.131 e. The Morgan fingerprint density at radius 3 is 2.59 bits per heavy atom. The lowest BCUT2D eigenvalue weighted by molar-refractivity contribution is -0.117. The second-order valence-electron chi connectivity index (χ2n) is 4.23. The normalized spacial score (nSPS) is 12.0. The van der Waals surface area contributed by atoms with Gasteiger partial charge in [0.05, 0.1) is 5.92 Å². The minimum atomic E-state index is -0.114. The molecule has 17 heavy (non-hydrogen) atoms. The summed E-state index contributed by atoms with van der Waals surface area (Å²) in [5.74, 6) is 2.71. The molecule has 0 bridgehead atoms. The van der Waals surface area contributed by atoms with Crippen LogP contribution in [0.2, 0.25) is 0 Å². The first-order valence-electron chi connectivity index (χ1n) is 5.65. The van der Waals surface area contributed by atoms with Gasteiger partial charge < -0.3 is 0 Å². The maximum atomic E-state index is 11.2. The van der Waals surface area contributed by atoms with E-state index in [1.807, 2.05) is 18.2 Å². The number of fused-ring (bicyclic) bond motifs is 1. The van der Waals surface area contributed by atoms with Gasteiger partial charge >= 0.3 is 0 Å². The lowest BCUT2D eigenvalue weighted by Gasteiger charge is -2.10. The fourth-order valence-corrected chi connectivity index (χ4v) is 1.99. The number of carbonyl (C=O) groups excluding carboxylic acids is 1. The highest BCUT2D eigenvalue weighted by Crippen LogP contribution is 2.23. The van der Waals surface area contributed by atoms with Crippen LogP contribution in [-0.4, -0.2) is 5.78 Å². The predicted octanol–water partition coefficient (Wildman–Crippen LogP) is 3.54. The summed E-state index contributed by atoms with van der Waals surface area (Å²) in [5, 5.41) is 2.35. The lowest BCUT2D eigenvalue weighted by atomic mass is 9.93. The number of benzene rings is 2. The van der Waals surface area contributed by atoms with E-state index in [1.165, 1.54) is 5.39 Å². The molecule has 0 amide bonds. The van der Waals surface area contributed by atoms with Crippen LogP contribution in [0.15, 0.2) is 42.5 Å². The molecule has 0 spiro atoms. The van der Waals surface area contributed by atoms with E-state index < -0.39 is 0 Å². The quantitative estimate of drug-likeness (QED) is 0.726. The summed E-state index contributed by atoms with van der Waals surface area (Å²) in [4.78, 5) is 11.2. The Hall–Kier alpha value is -2.07. The molecule has 1 unspecified atom stereocenters. The van der Waals surface area contributed by atoms with Crippen LogP contribution in [-0.2, 0) is 4.79 Å². The molecule has 1 atom stereocenters. The largest absolute Gasteiger partial charge is 0.300 e. The van der Waals surface area contributed by atoms with Crippen molar-refractivity contribution in [1.82, 2.24) is 0 Å². The van der Waals surface area contributed by atoms with Crippen LogP contribution in [0.1, 0.15) is 24.8 Å². The van der Waals surface area contributed by atoms with E-state index in [4.69, 9.17) is 6.42 Å². The summed E-state index contributed by atoms with van der Waals surface area (Å²) in [7, 11) is 0. The third kappa shape index (κ3) is 2.54. The summed E-state index contributed by atoms with van der Waals surface area (Å²) < 4.78 is 0. The van der Waals surface area contributed by atoms with Crippen LogP contribution >= 0.6 is 0 Å². The highest BCUT2D eigenvalue weighted by atomic mass is 16.1. The SMILES string of the molecule is C#CC(CC(C)=O)c1ccc2ccccc2c1. The first-order valence-corrected chi connectivity index (χ1v) is 5.65. The van der Waals surface area contributed by atoms with E-state index in [0.717, 1.165) is 10.9 Å². The summed E-state index contributed by atoms with van der Waals surface area (Å²) >= 11 is 0. The third-order valence-electron chi connectivity index (χ3n) is 2.87. The van der Waals surface area contributed by atoms with Gasteiger partial charge in [0, 0.05) is 6.42 Å². The lowest BCUT2D eigenvalue weighted by Crippen LogP contribution is -2.01. The molecule has 0 saturated carbocycles. The van der Waals surface area contributed by atoms with Crippen molar-refractivity contribution in [2.24, 2.45) is 0 Å². The molecule has 0 aliphatic rings. The molecule has 0 radical (unpaired) electrons. The average molecular weight is 222 g/mol. The molecule has 2 aromatic carbocycles. The van der Waals surface area contributed by atoms with Crippen molar-refractivity contribution in [3.63, 3.8) is 0 Å². The molecule has 0 fully saturated rings. The fourth-order valence-electron chi connectivity index (χ4n) is 1.99. The second-order valence-corrected chi connectivity index (χ2v) is 4.23. The number of ketones is 1. The van der Waals surface area contributed by atoms with E-state index in [0.29, 0.717) is 6.42 Å². The first kappa shape index (κ1) is 11.4. The van der Waals surface area contributed by atoms with Crippen molar-refractivity contribution in [2.75, 3.05) is 0 Å². The van der Waals surface area contributed by atoms with E-state index in [9.17, 15) is 4.79 Å². The Morgan fingerprint density at radius 1 is 1.24 bits per heavy atom. The number of hydrogen-bond acceptors (Lipinski definition) is 1. The van der Waals surface area contributed by atoms with E-state index in [1.54, 1.807) is 6.92 Å². The van der Waals surface area contributed by atoms with Crippen molar-refractivity contribution >= 4 is 16.6 Å². The van der Waals surface area contributed by atoms with Gasteiger partial charge in [-0.05, 0) is 29.3 Å². The van der Waals surface area contributed by atoms with Gasteiger partial charge in [-0.1, -0.05) is 42.3 Å². The van der Waals surface area contributed by atoms with Gasteiger partial charge in [-0.2, -0.15) is 0 Å². The number of hydrogen-bond donors (Lipinski definition) is 0. The van der Waals surface area contributed by atoms with Crippen molar-refractivity contribution in [2.45, 2.75) is 19.3 Å². The molecule has 84 valence electrons. The Labute approximate surface area is 101 Å². The van der Waals surface area contributed by atoms with E-state index in [2.05, 4.69) is 30.2 Å². The van der Waals surface area contributed by atoms with Crippen LogP contribution in [0.4, 0.5) is 0 Å². The van der Waals surface area contributed by atoms with Crippen molar-refractivity contribution in [3.8, 4) is 12.3 Å². The third-order valence-corrected chi connectivity index (χ3v) is 2.87. The minimum Gasteiger partial charge on any atom is -0.300 e. The molecule has 1 heteroatoms. The second kappa shape index (κ2) is 4.84. The van der Waals surface area contributed by atoms with Gasteiger partial charge in [-0.15, -0.1) is 6.42 Å². The first-order chi connectivity index (χ1) is 8.20. The minimum absolute atomic E-state index is 0.114. The van der Waals surface area contributed by atoms with Gasteiger partial charge in [-0.25, -0.2) is 0 Å². The standard InChI is InChI=1S/C16H14O/c1-3-13(10-12(2)17)16-9-8-14-6-4-5-7-15(14)11-16/h1,4-9,11,13H,10H2,2H3. The Balaban J connectivity index is 2.41. The van der Waals surface area contributed by atoms with Crippen LogP contribution in [0.5, 0.6) is 0 Å². The van der Waals surface area contributed by atoms with Gasteiger partial charge in [0.25, 0.3) is 0 Å². The highest BCUT2D eigenvalue weighted by Gasteiger charge is 2.11. The van der Waals surface area contributed by atoms with Crippen LogP contribution in [0.3, 0.4) is 0 Å². The average Bonchev–Trinajstić information content (AvgIpc) is 2.35. The molecule has 0 aliphatic carbocycles. The van der Waals surface area contributed by atoms with Crippen LogP contribution in [0.25, 0.3) is 10.8 Å². The van der Waals surface area contributed by atoms with Crippen LogP contribution in [0, 0.1) is 12.3 Å². The van der Waals surface area contributed by atoms with E-state index in [-0.39, 0.29) is 11.7 Å². The van der Waals surface area contributed by atoms with Gasteiger partial charge in [0.2, 0.25) is 0 Å². The Kier molecular flexibility index (Phi) is 3.25. The smallest absolute Gasteiger partial charge is 0.131 e. The molecule has 0 heterocycles. The van der Waals surface area contributed by atoms with Crippen molar-refractivity contribution in [3.05, 3.63) is 48.0 Å². The number of carbonyl (C=O) groups is 1. The molecule has 1 nitrogen and oxygen atoms in total. The summed E-state index contributed by atoms with van der Waals surface area (Å²) in [6.07, 6.45) is 5.91. The summed E-state index contributed by atoms with van der Waals surface area (Å²) in [5.41, 5.74) is 1.04. The van der Waals surface area contributed by atoms with Crippen molar-refractivity contribution < 1.29 is 4.79 Å². The van der Waals surface area contributed by atoms with Crippen molar-refractivity contribution in [1.29, 1.82) is 0 Å². The molecule has 2 rings (SSSR count). The molecular weight excluding hydrogens is 208 g/mol. The zero-order valence-electron chi connectivity index (χ0n) is 9.81. The van der Waals surface area contributed by atoms with Crippen LogP contribution < -0.4 is 0 Å². The Morgan fingerprint density at radius 2 is 1.94 bits per heavy atom. The summed E-state index contributed by atoms with van der Waals surface area (Å²) in [6, 6.07) is 14.3. The predicted molar refractivity (Wildman–Crippen MR) is 70.8 cm³/mol. The van der Waals surface area contributed by atoms with Gasteiger partial charge in [0.15, 0.2) is 0 Å². The zero-order chi connectivity index (χ0) is 12.3. The molecule has 0 saturated heterocycles. The molecule has 0 N–H and O–H groups in total. The highest BCUT2D eigenvalue weighted by molar-refractivity contribution is 5.83. The monoisotopic (exact) mass is 222 g/mol. The topological polar surface area (TPSA) is 17.1 Å². The number of rotatable bonds is 3. The fraction of sp³-hybridized carbons (Fsp3) is 0.188. The van der Waals surface area contributed by atoms with Gasteiger partial charge in [0.1, 0.15) is 5.78 Å². The zero-order valence-corrected chi connectivity index (χ0v) is 9.81. The molecular formula is C16H14O. The Bertz CT molecular complexity index is 590. The van der Waals surface area contributed by atoms with Gasteiger partial charge in [-0.3, -0.25) is 4.79 Å². The van der Waals surface area contributed by atoms with E-state index >= 15 is 0 Å². The summed E-state index contributed by atoms with van der Waals surface area (Å²) in [6.45, 7) is 1.57. The molecule has 0 aliphatic heterocycles. The number of Topliss-reactive ketones (excluding diaryl/α,β-unsaturated/α-hetero) is 1. The maximum absolute atomic E-state index is 11.2. The number of terminal acetylenes is 1. The molecule has 0 aromatic heterocycles. The molecule has 2 aromatic rings.